The Balaban J connectivity index is 2.10. The highest BCUT2D eigenvalue weighted by Crippen LogP contribution is 2.28. The monoisotopic (exact) mass is 286 g/mol. The molecule has 1 fully saturated rings. The number of rotatable bonds is 4. The Labute approximate surface area is 103 Å². The number of aromatic nitrogens is 1. The fourth-order valence-corrected chi connectivity index (χ4v) is 1.89. The first-order chi connectivity index (χ1) is 7.59. The lowest BCUT2D eigenvalue weighted by atomic mass is 10.2. The van der Waals surface area contributed by atoms with E-state index < -0.39 is 0 Å². The van der Waals surface area contributed by atoms with E-state index in [1.54, 1.807) is 6.20 Å². The van der Waals surface area contributed by atoms with Crippen LogP contribution in [-0.2, 0) is 11.5 Å². The van der Waals surface area contributed by atoms with Crippen molar-refractivity contribution in [3.8, 4) is 0 Å². The molecule has 2 rings (SSSR count). The van der Waals surface area contributed by atoms with Crippen molar-refractivity contribution >= 4 is 21.6 Å². The third-order valence-corrected chi connectivity index (χ3v) is 3.72. The third kappa shape index (κ3) is 2.47. The summed E-state index contributed by atoms with van der Waals surface area (Å²) in [6, 6.07) is 0. The van der Waals surface area contributed by atoms with Crippen LogP contribution in [0, 0.1) is 12.8 Å². The zero-order chi connectivity index (χ0) is 11.7. The summed E-state index contributed by atoms with van der Waals surface area (Å²) in [5.41, 5.74) is 7.07. The maximum absolute atomic E-state index is 11.8. The van der Waals surface area contributed by atoms with Gasteiger partial charge in [-0.15, -0.1) is 0 Å². The average molecular weight is 287 g/mol. The molecular weight excluding hydrogens is 272 g/mol. The zero-order valence-electron chi connectivity index (χ0n) is 9.20. The number of halogens is 1. The van der Waals surface area contributed by atoms with Gasteiger partial charge in [0, 0.05) is 6.20 Å². The molecule has 16 heavy (non-hydrogen) atoms. The summed E-state index contributed by atoms with van der Waals surface area (Å²) in [4.78, 5) is 11.8. The Morgan fingerprint density at radius 1 is 1.62 bits per heavy atom. The van der Waals surface area contributed by atoms with Crippen LogP contribution in [0.2, 0.25) is 0 Å². The van der Waals surface area contributed by atoms with Crippen molar-refractivity contribution in [1.29, 1.82) is 0 Å². The van der Waals surface area contributed by atoms with Gasteiger partial charge >= 0.3 is 0 Å². The molecule has 0 atom stereocenters. The van der Waals surface area contributed by atoms with Crippen LogP contribution in [0.4, 0.5) is 5.69 Å². The van der Waals surface area contributed by atoms with E-state index in [2.05, 4.69) is 15.9 Å². The molecule has 0 bridgehead atoms. The average Bonchev–Trinajstić information content (AvgIpc) is 3.06. The maximum Gasteiger partial charge on any atom is 0.267 e. The van der Waals surface area contributed by atoms with Crippen molar-refractivity contribution in [3.63, 3.8) is 0 Å². The van der Waals surface area contributed by atoms with E-state index in [0.717, 1.165) is 12.2 Å². The van der Waals surface area contributed by atoms with Crippen molar-refractivity contribution in [2.75, 3.05) is 12.3 Å². The molecule has 1 heterocycles. The predicted octanol–water partition coefficient (Wildman–Crippen LogP) is 1.89. The molecule has 1 saturated carbocycles. The highest BCUT2D eigenvalue weighted by atomic mass is 79.9. The van der Waals surface area contributed by atoms with E-state index >= 15 is 0 Å². The topological polar surface area (TPSA) is 57.2 Å². The smallest absolute Gasteiger partial charge is 0.267 e. The van der Waals surface area contributed by atoms with Crippen LogP contribution >= 0.6 is 15.9 Å². The lowest BCUT2D eigenvalue weighted by molar-refractivity contribution is 0.0667. The van der Waals surface area contributed by atoms with Gasteiger partial charge in [-0.2, -0.15) is 0 Å². The summed E-state index contributed by atoms with van der Waals surface area (Å²) < 4.78 is 7.47. The highest BCUT2D eigenvalue weighted by molar-refractivity contribution is 9.10. The van der Waals surface area contributed by atoms with Gasteiger partial charge in [-0.25, -0.2) is 0 Å². The number of nitrogens with two attached hydrogens (primary N) is 1. The van der Waals surface area contributed by atoms with Crippen molar-refractivity contribution in [2.45, 2.75) is 26.5 Å². The molecule has 0 spiro atoms. The molecule has 1 aliphatic rings. The van der Waals surface area contributed by atoms with Crippen LogP contribution in [0.25, 0.3) is 0 Å². The van der Waals surface area contributed by atoms with Crippen LogP contribution < -0.4 is 11.3 Å². The van der Waals surface area contributed by atoms with Gasteiger partial charge in [-0.3, -0.25) is 9.36 Å². The molecule has 0 saturated heterocycles. The minimum Gasteiger partial charge on any atom is -0.397 e. The first-order valence-corrected chi connectivity index (χ1v) is 6.11. The number of anilines is 1. The third-order valence-electron chi connectivity index (χ3n) is 2.79. The van der Waals surface area contributed by atoms with Crippen LogP contribution in [0.1, 0.15) is 18.4 Å². The van der Waals surface area contributed by atoms with Gasteiger partial charge in [0.2, 0.25) is 0 Å². The minimum atomic E-state index is -0.0949. The summed E-state index contributed by atoms with van der Waals surface area (Å²) >= 11 is 3.25. The Hall–Kier alpha value is -0.810. The van der Waals surface area contributed by atoms with Crippen molar-refractivity contribution in [1.82, 2.24) is 4.57 Å². The normalized spacial score (nSPS) is 15.4. The molecule has 0 unspecified atom stereocenters. The first kappa shape index (κ1) is 11.7. The fourth-order valence-electron chi connectivity index (χ4n) is 1.43. The second-order valence-electron chi connectivity index (χ2n) is 4.24. The lowest BCUT2D eigenvalue weighted by Gasteiger charge is -2.10. The van der Waals surface area contributed by atoms with Crippen LogP contribution in [0.3, 0.4) is 0 Å². The summed E-state index contributed by atoms with van der Waals surface area (Å²) in [6.45, 7) is 2.83. The maximum atomic E-state index is 11.8. The molecule has 2 N–H and O–H groups in total. The molecule has 0 aliphatic heterocycles. The van der Waals surface area contributed by atoms with E-state index in [9.17, 15) is 4.79 Å². The van der Waals surface area contributed by atoms with Gasteiger partial charge in [0.05, 0.1) is 16.8 Å². The van der Waals surface area contributed by atoms with Gasteiger partial charge in [-0.05, 0) is 47.2 Å². The highest BCUT2D eigenvalue weighted by Gasteiger charge is 2.21. The molecular formula is C11H15BrN2O2. The lowest BCUT2D eigenvalue weighted by Crippen LogP contribution is -2.23. The standard InChI is InChI=1S/C11H15BrN2O2/c1-7-9(13)4-14(11(15)10(7)12)6-16-5-8-2-3-8/h4,8H,2-3,5-6,13H2,1H3. The van der Waals surface area contributed by atoms with Crippen molar-refractivity contribution < 1.29 is 4.74 Å². The number of nitrogen functional groups attached to an aromatic ring is 1. The van der Waals surface area contributed by atoms with E-state index in [1.165, 1.54) is 17.4 Å². The summed E-state index contributed by atoms with van der Waals surface area (Å²) in [6.07, 6.45) is 4.12. The van der Waals surface area contributed by atoms with Crippen molar-refractivity contribution in [2.24, 2.45) is 5.92 Å². The fraction of sp³-hybridized carbons (Fsp3) is 0.545. The number of hydrogen-bond donors (Lipinski definition) is 1. The Morgan fingerprint density at radius 2 is 2.31 bits per heavy atom. The molecule has 0 radical (unpaired) electrons. The molecule has 1 aromatic heterocycles. The predicted molar refractivity (Wildman–Crippen MR) is 66.2 cm³/mol. The second-order valence-corrected chi connectivity index (χ2v) is 5.03. The van der Waals surface area contributed by atoms with E-state index in [0.29, 0.717) is 16.1 Å². The Bertz CT molecular complexity index is 452. The van der Waals surface area contributed by atoms with Crippen LogP contribution in [0.5, 0.6) is 0 Å². The minimum absolute atomic E-state index is 0.0949. The van der Waals surface area contributed by atoms with Gasteiger partial charge in [-0.1, -0.05) is 0 Å². The number of hydrogen-bond acceptors (Lipinski definition) is 3. The van der Waals surface area contributed by atoms with Crippen LogP contribution in [-0.4, -0.2) is 11.2 Å². The molecule has 0 amide bonds. The summed E-state index contributed by atoms with van der Waals surface area (Å²) in [5.74, 6) is 0.696. The molecule has 0 aromatic carbocycles. The molecule has 4 nitrogen and oxygen atoms in total. The number of nitrogens with zero attached hydrogens (tertiary/aromatic N) is 1. The quantitative estimate of drug-likeness (QED) is 0.920. The van der Waals surface area contributed by atoms with Gasteiger partial charge < -0.3 is 10.5 Å². The van der Waals surface area contributed by atoms with Gasteiger partial charge in [0.1, 0.15) is 6.73 Å². The molecule has 88 valence electrons. The van der Waals surface area contributed by atoms with Gasteiger partial charge in [0.15, 0.2) is 0 Å². The largest absolute Gasteiger partial charge is 0.397 e. The SMILES string of the molecule is Cc1c(N)cn(COCC2CC2)c(=O)c1Br. The Kier molecular flexibility index (Phi) is 3.35. The van der Waals surface area contributed by atoms with Gasteiger partial charge in [0.25, 0.3) is 5.56 Å². The Morgan fingerprint density at radius 3 is 2.94 bits per heavy atom. The molecule has 1 aromatic rings. The summed E-state index contributed by atoms with van der Waals surface area (Å²) in [7, 11) is 0. The second kappa shape index (κ2) is 4.59. The van der Waals surface area contributed by atoms with E-state index in [1.807, 2.05) is 6.92 Å². The molecule has 5 heteroatoms. The van der Waals surface area contributed by atoms with Crippen LogP contribution in [0.15, 0.2) is 15.5 Å². The summed E-state index contributed by atoms with van der Waals surface area (Å²) in [5, 5.41) is 0. The zero-order valence-corrected chi connectivity index (χ0v) is 10.8. The van der Waals surface area contributed by atoms with E-state index in [-0.39, 0.29) is 12.3 Å². The number of pyridine rings is 1. The molecule has 1 aliphatic carbocycles. The number of ether oxygens (including phenoxy) is 1. The van der Waals surface area contributed by atoms with E-state index in [4.69, 9.17) is 10.5 Å². The first-order valence-electron chi connectivity index (χ1n) is 5.32. The van der Waals surface area contributed by atoms with Crippen molar-refractivity contribution in [3.05, 3.63) is 26.6 Å².